The van der Waals surface area contributed by atoms with Crippen molar-refractivity contribution in [2.45, 2.75) is 32.8 Å². The largest absolute Gasteiger partial charge is 0.392 e. The van der Waals surface area contributed by atoms with E-state index in [2.05, 4.69) is 10.3 Å². The number of amides is 1. The summed E-state index contributed by atoms with van der Waals surface area (Å²) in [4.78, 5) is 18.4. The fourth-order valence-corrected chi connectivity index (χ4v) is 3.84. The van der Waals surface area contributed by atoms with Crippen LogP contribution in [0.25, 0.3) is 11.1 Å². The molecule has 1 aliphatic heterocycles. The molecule has 0 atom stereocenters. The van der Waals surface area contributed by atoms with Crippen LogP contribution in [0.5, 0.6) is 0 Å². The Bertz CT molecular complexity index is 1010. The van der Waals surface area contributed by atoms with Crippen LogP contribution >= 0.6 is 0 Å². The number of rotatable bonds is 7. The van der Waals surface area contributed by atoms with Crippen LogP contribution in [0.4, 0.5) is 5.69 Å². The molecule has 4 N–H and O–H groups in total. The van der Waals surface area contributed by atoms with Gasteiger partial charge in [0.05, 0.1) is 18.8 Å². The fraction of sp³-hybridized carbons (Fsp3) is 0.360. The van der Waals surface area contributed by atoms with Gasteiger partial charge in [-0.1, -0.05) is 30.3 Å². The van der Waals surface area contributed by atoms with Crippen molar-refractivity contribution in [3.63, 3.8) is 0 Å². The molecular formula is C25H30N4O2. The van der Waals surface area contributed by atoms with E-state index in [0.29, 0.717) is 18.9 Å². The summed E-state index contributed by atoms with van der Waals surface area (Å²) in [5, 5.41) is 12.9. The smallest absolute Gasteiger partial charge is 0.219 e. The van der Waals surface area contributed by atoms with Gasteiger partial charge in [0.25, 0.3) is 0 Å². The number of hydrogen-bond acceptors (Lipinski definition) is 4. The lowest BCUT2D eigenvalue weighted by Crippen LogP contribution is -2.41. The summed E-state index contributed by atoms with van der Waals surface area (Å²) >= 11 is 0. The van der Waals surface area contributed by atoms with Crippen molar-refractivity contribution in [3.8, 4) is 11.1 Å². The third kappa shape index (κ3) is 5.33. The zero-order valence-corrected chi connectivity index (χ0v) is 18.0. The van der Waals surface area contributed by atoms with E-state index in [9.17, 15) is 9.90 Å². The molecular weight excluding hydrogens is 388 g/mol. The number of hydrogen-bond donors (Lipinski definition) is 3. The highest BCUT2D eigenvalue weighted by molar-refractivity contribution is 6.00. The van der Waals surface area contributed by atoms with E-state index in [1.165, 1.54) is 12.8 Å². The summed E-state index contributed by atoms with van der Waals surface area (Å²) < 4.78 is 0. The van der Waals surface area contributed by atoms with Gasteiger partial charge in [-0.15, -0.1) is 0 Å². The average Bonchev–Trinajstić information content (AvgIpc) is 3.62. The molecule has 1 heterocycles. The maximum Gasteiger partial charge on any atom is 0.219 e. The number of aliphatic hydroxyl groups excluding tert-OH is 1. The van der Waals surface area contributed by atoms with E-state index in [1.807, 2.05) is 53.4 Å². The first-order valence-electron chi connectivity index (χ1n) is 10.9. The second-order valence-corrected chi connectivity index (χ2v) is 8.37. The first kappa shape index (κ1) is 21.1. The van der Waals surface area contributed by atoms with Crippen molar-refractivity contribution in [2.75, 3.05) is 19.6 Å². The highest BCUT2D eigenvalue weighted by atomic mass is 16.3. The van der Waals surface area contributed by atoms with Gasteiger partial charge in [-0.3, -0.25) is 4.79 Å². The van der Waals surface area contributed by atoms with Gasteiger partial charge in [0.1, 0.15) is 5.84 Å². The Balaban J connectivity index is 1.55. The summed E-state index contributed by atoms with van der Waals surface area (Å²) in [7, 11) is 0. The number of amidine groups is 1. The summed E-state index contributed by atoms with van der Waals surface area (Å²) in [6, 6.07) is 15.7. The third-order valence-electron chi connectivity index (χ3n) is 5.96. The van der Waals surface area contributed by atoms with E-state index in [1.54, 1.807) is 6.92 Å². The molecule has 0 radical (unpaired) electrons. The van der Waals surface area contributed by atoms with Crippen LogP contribution < -0.4 is 11.1 Å². The molecule has 1 aliphatic carbocycles. The molecule has 0 aromatic heterocycles. The highest BCUT2D eigenvalue weighted by Crippen LogP contribution is 2.29. The average molecular weight is 419 g/mol. The normalized spacial score (nSPS) is 17.1. The number of aliphatic hydroxyl groups is 1. The number of carbonyl (C=O) groups is 1. The van der Waals surface area contributed by atoms with E-state index in [0.717, 1.165) is 52.5 Å². The van der Waals surface area contributed by atoms with Gasteiger partial charge in [0, 0.05) is 37.7 Å². The minimum atomic E-state index is 0.0241. The molecule has 1 saturated carbocycles. The second kappa shape index (κ2) is 9.35. The van der Waals surface area contributed by atoms with Crippen molar-refractivity contribution < 1.29 is 9.90 Å². The van der Waals surface area contributed by atoms with Crippen molar-refractivity contribution in [1.29, 1.82) is 0 Å². The Morgan fingerprint density at radius 1 is 1.19 bits per heavy atom. The Hall–Kier alpha value is -3.12. The molecule has 0 saturated heterocycles. The predicted molar refractivity (Wildman–Crippen MR) is 124 cm³/mol. The molecule has 4 rings (SSSR count). The molecule has 0 spiro atoms. The number of carbonyl (C=O) groups excluding carboxylic acids is 1. The van der Waals surface area contributed by atoms with Crippen LogP contribution in [0.3, 0.4) is 0 Å². The predicted octanol–water partition coefficient (Wildman–Crippen LogP) is 3.34. The number of nitrogens with two attached hydrogens (primary N) is 1. The summed E-state index contributed by atoms with van der Waals surface area (Å²) in [6.45, 7) is 3.78. The Morgan fingerprint density at radius 2 is 1.97 bits per heavy atom. The van der Waals surface area contributed by atoms with Crippen LogP contribution in [0.1, 0.15) is 31.7 Å². The van der Waals surface area contributed by atoms with E-state index >= 15 is 0 Å². The van der Waals surface area contributed by atoms with Crippen molar-refractivity contribution in [2.24, 2.45) is 16.6 Å². The standard InChI is InChI=1S/C25H30N4O2/c1-17(31)29-12-11-24(27-14-18-5-6-18)23(15-29)25(26)28-22-9-7-20(8-10-22)21-4-2-3-19(13-21)16-30/h2-4,7-10,13,18,27,30H,5-6,11-12,14-16H2,1H3,(H2,26,28). The Kier molecular flexibility index (Phi) is 6.37. The molecule has 31 heavy (non-hydrogen) atoms. The monoisotopic (exact) mass is 418 g/mol. The van der Waals surface area contributed by atoms with Crippen LogP contribution in [-0.2, 0) is 11.4 Å². The lowest BCUT2D eigenvalue weighted by atomic mass is 10.0. The van der Waals surface area contributed by atoms with E-state index in [4.69, 9.17) is 5.73 Å². The summed E-state index contributed by atoms with van der Waals surface area (Å²) in [6.07, 6.45) is 3.34. The van der Waals surface area contributed by atoms with Gasteiger partial charge in [-0.05, 0) is 53.6 Å². The maximum atomic E-state index is 11.9. The molecule has 6 heteroatoms. The van der Waals surface area contributed by atoms with Crippen LogP contribution in [0, 0.1) is 5.92 Å². The zero-order chi connectivity index (χ0) is 21.8. The van der Waals surface area contributed by atoms with Crippen LogP contribution in [0.2, 0.25) is 0 Å². The number of aliphatic imine (C=N–C) groups is 1. The van der Waals surface area contributed by atoms with Gasteiger partial charge in [-0.25, -0.2) is 4.99 Å². The Morgan fingerprint density at radius 3 is 2.65 bits per heavy atom. The SMILES string of the molecule is CC(=O)N1CCC(NCC2CC2)=C(C(N)=Nc2ccc(-c3cccc(CO)c3)cc2)C1. The highest BCUT2D eigenvalue weighted by Gasteiger charge is 2.26. The topological polar surface area (TPSA) is 91.0 Å². The van der Waals surface area contributed by atoms with Gasteiger partial charge in [0.2, 0.25) is 5.91 Å². The zero-order valence-electron chi connectivity index (χ0n) is 18.0. The number of nitrogens with zero attached hydrogens (tertiary/aromatic N) is 2. The van der Waals surface area contributed by atoms with E-state index < -0.39 is 0 Å². The van der Waals surface area contributed by atoms with Gasteiger partial charge >= 0.3 is 0 Å². The van der Waals surface area contributed by atoms with Gasteiger partial charge in [0.15, 0.2) is 0 Å². The molecule has 2 aliphatic rings. The fourth-order valence-electron chi connectivity index (χ4n) is 3.84. The molecule has 2 aromatic carbocycles. The number of nitrogens with one attached hydrogen (secondary N) is 1. The van der Waals surface area contributed by atoms with E-state index in [-0.39, 0.29) is 12.5 Å². The minimum Gasteiger partial charge on any atom is -0.392 e. The molecule has 0 unspecified atom stereocenters. The minimum absolute atomic E-state index is 0.0241. The third-order valence-corrected chi connectivity index (χ3v) is 5.96. The quantitative estimate of drug-likeness (QED) is 0.475. The summed E-state index contributed by atoms with van der Waals surface area (Å²) in [5.74, 6) is 1.27. The first-order valence-corrected chi connectivity index (χ1v) is 10.9. The van der Waals surface area contributed by atoms with Crippen LogP contribution in [-0.4, -0.2) is 41.4 Å². The van der Waals surface area contributed by atoms with Gasteiger partial charge < -0.3 is 21.1 Å². The van der Waals surface area contributed by atoms with Crippen molar-refractivity contribution in [1.82, 2.24) is 10.2 Å². The second-order valence-electron chi connectivity index (χ2n) is 8.37. The molecule has 1 amide bonds. The first-order chi connectivity index (χ1) is 15.0. The summed E-state index contributed by atoms with van der Waals surface area (Å²) in [5.41, 5.74) is 12.2. The Labute approximate surface area is 183 Å². The molecule has 6 nitrogen and oxygen atoms in total. The molecule has 0 bridgehead atoms. The van der Waals surface area contributed by atoms with Gasteiger partial charge in [-0.2, -0.15) is 0 Å². The number of benzene rings is 2. The van der Waals surface area contributed by atoms with Crippen molar-refractivity contribution in [3.05, 3.63) is 65.4 Å². The van der Waals surface area contributed by atoms with Crippen LogP contribution in [0.15, 0.2) is 64.8 Å². The maximum absolute atomic E-state index is 11.9. The molecule has 162 valence electrons. The molecule has 2 aromatic rings. The lowest BCUT2D eigenvalue weighted by molar-refractivity contribution is -0.128. The lowest BCUT2D eigenvalue weighted by Gasteiger charge is -2.30. The molecule has 1 fully saturated rings. The van der Waals surface area contributed by atoms with Crippen molar-refractivity contribution >= 4 is 17.4 Å².